The van der Waals surface area contributed by atoms with E-state index in [-0.39, 0.29) is 31.6 Å². The molecule has 1 aliphatic heterocycles. The summed E-state index contributed by atoms with van der Waals surface area (Å²) in [4.78, 5) is 25.2. The maximum Gasteiger partial charge on any atom is 0.309 e. The van der Waals surface area contributed by atoms with Crippen LogP contribution in [0.15, 0.2) is 24.3 Å². The molecule has 1 fully saturated rings. The Labute approximate surface area is 136 Å². The number of benzene rings is 1. The number of amides is 1. The molecule has 23 heavy (non-hydrogen) atoms. The first-order chi connectivity index (χ1) is 11.0. The number of aryl methyl sites for hydroxylation is 1. The van der Waals surface area contributed by atoms with E-state index in [4.69, 9.17) is 14.2 Å². The standard InChI is InChI=1S/C17H23NO5/c1-13-3-5-15(6-4-13)22-9-7-17(20)23-12-16(19)18-8-10-21-14(2)11-18/h3-6,14H,7-12H2,1-2H3. The molecular formula is C17H23NO5. The Morgan fingerprint density at radius 2 is 2.04 bits per heavy atom. The molecule has 6 nitrogen and oxygen atoms in total. The van der Waals surface area contributed by atoms with Crippen molar-refractivity contribution in [3.63, 3.8) is 0 Å². The molecule has 0 bridgehead atoms. The van der Waals surface area contributed by atoms with Crippen LogP contribution >= 0.6 is 0 Å². The second-order valence-electron chi connectivity index (χ2n) is 5.59. The van der Waals surface area contributed by atoms with Gasteiger partial charge in [0.25, 0.3) is 5.91 Å². The van der Waals surface area contributed by atoms with Crippen LogP contribution in [-0.4, -0.2) is 55.8 Å². The van der Waals surface area contributed by atoms with Crippen molar-refractivity contribution in [2.75, 3.05) is 32.9 Å². The van der Waals surface area contributed by atoms with Gasteiger partial charge in [0.05, 0.1) is 25.7 Å². The number of carbonyl (C=O) groups excluding carboxylic acids is 2. The number of carbonyl (C=O) groups is 2. The van der Waals surface area contributed by atoms with E-state index in [1.807, 2.05) is 38.1 Å². The van der Waals surface area contributed by atoms with Crippen LogP contribution in [0.2, 0.25) is 0 Å². The van der Waals surface area contributed by atoms with Gasteiger partial charge in [-0.05, 0) is 26.0 Å². The Kier molecular flexibility index (Phi) is 6.40. The van der Waals surface area contributed by atoms with E-state index in [1.54, 1.807) is 4.90 Å². The third kappa shape index (κ3) is 5.90. The maximum absolute atomic E-state index is 11.9. The molecule has 0 aromatic heterocycles. The number of ether oxygens (including phenoxy) is 3. The van der Waals surface area contributed by atoms with Crippen LogP contribution < -0.4 is 4.74 Å². The highest BCUT2D eigenvalue weighted by atomic mass is 16.5. The van der Waals surface area contributed by atoms with Crippen LogP contribution in [-0.2, 0) is 19.1 Å². The summed E-state index contributed by atoms with van der Waals surface area (Å²) < 4.78 is 15.8. The lowest BCUT2D eigenvalue weighted by Gasteiger charge is -2.30. The van der Waals surface area contributed by atoms with Gasteiger partial charge >= 0.3 is 5.97 Å². The number of morpholine rings is 1. The Hall–Kier alpha value is -2.08. The van der Waals surface area contributed by atoms with Crippen molar-refractivity contribution in [1.29, 1.82) is 0 Å². The minimum atomic E-state index is -0.438. The van der Waals surface area contributed by atoms with Crippen molar-refractivity contribution in [2.24, 2.45) is 0 Å². The van der Waals surface area contributed by atoms with Crippen molar-refractivity contribution in [3.05, 3.63) is 29.8 Å². The molecule has 0 aliphatic carbocycles. The van der Waals surface area contributed by atoms with E-state index in [0.717, 1.165) is 5.56 Å². The lowest BCUT2D eigenvalue weighted by atomic mass is 10.2. The molecule has 126 valence electrons. The third-order valence-electron chi connectivity index (χ3n) is 3.55. The molecule has 0 radical (unpaired) electrons. The predicted octanol–water partition coefficient (Wildman–Crippen LogP) is 1.55. The summed E-state index contributed by atoms with van der Waals surface area (Å²) in [5.41, 5.74) is 1.15. The van der Waals surface area contributed by atoms with Crippen molar-refractivity contribution < 1.29 is 23.8 Å². The zero-order chi connectivity index (χ0) is 16.7. The lowest BCUT2D eigenvalue weighted by molar-refractivity contribution is -0.155. The van der Waals surface area contributed by atoms with Gasteiger partial charge in [0.1, 0.15) is 5.75 Å². The Bertz CT molecular complexity index is 528. The van der Waals surface area contributed by atoms with Gasteiger partial charge < -0.3 is 19.1 Å². The summed E-state index contributed by atoms with van der Waals surface area (Å²) in [6, 6.07) is 7.58. The van der Waals surface area contributed by atoms with Crippen molar-refractivity contribution >= 4 is 11.9 Å². The highest BCUT2D eigenvalue weighted by Gasteiger charge is 2.22. The molecule has 0 N–H and O–H groups in total. The van der Waals surface area contributed by atoms with E-state index in [1.165, 1.54) is 0 Å². The van der Waals surface area contributed by atoms with Crippen LogP contribution in [0.5, 0.6) is 5.75 Å². The van der Waals surface area contributed by atoms with Crippen LogP contribution in [0.25, 0.3) is 0 Å². The normalized spacial score (nSPS) is 17.7. The Morgan fingerprint density at radius 3 is 2.74 bits per heavy atom. The SMILES string of the molecule is Cc1ccc(OCCC(=O)OCC(=O)N2CCOC(C)C2)cc1. The summed E-state index contributed by atoms with van der Waals surface area (Å²) in [6.07, 6.45) is 0.132. The average Bonchev–Trinajstić information content (AvgIpc) is 2.54. The number of hydrogen-bond donors (Lipinski definition) is 0. The first-order valence-corrected chi connectivity index (χ1v) is 7.79. The molecule has 1 amide bonds. The van der Waals surface area contributed by atoms with Crippen molar-refractivity contribution in [2.45, 2.75) is 26.4 Å². The molecule has 0 saturated carbocycles. The molecule has 1 aromatic carbocycles. The minimum absolute atomic E-state index is 0.0197. The molecule has 2 rings (SSSR count). The zero-order valence-corrected chi connectivity index (χ0v) is 13.6. The third-order valence-corrected chi connectivity index (χ3v) is 3.55. The molecule has 1 atom stereocenters. The Balaban J connectivity index is 1.62. The van der Waals surface area contributed by atoms with E-state index < -0.39 is 5.97 Å². The van der Waals surface area contributed by atoms with Gasteiger partial charge in [0, 0.05) is 13.1 Å². The molecular weight excluding hydrogens is 298 g/mol. The largest absolute Gasteiger partial charge is 0.493 e. The van der Waals surface area contributed by atoms with Gasteiger partial charge in [-0.2, -0.15) is 0 Å². The first-order valence-electron chi connectivity index (χ1n) is 7.79. The van der Waals surface area contributed by atoms with Gasteiger partial charge in [-0.3, -0.25) is 9.59 Å². The fourth-order valence-electron chi connectivity index (χ4n) is 2.24. The fourth-order valence-corrected chi connectivity index (χ4v) is 2.24. The topological polar surface area (TPSA) is 65.1 Å². The summed E-state index contributed by atoms with van der Waals surface area (Å²) in [5, 5.41) is 0. The van der Waals surface area contributed by atoms with E-state index >= 15 is 0 Å². The van der Waals surface area contributed by atoms with Gasteiger partial charge in [0.15, 0.2) is 6.61 Å². The Morgan fingerprint density at radius 1 is 1.30 bits per heavy atom. The highest BCUT2D eigenvalue weighted by molar-refractivity contribution is 5.80. The van der Waals surface area contributed by atoms with Gasteiger partial charge in [0.2, 0.25) is 0 Å². The van der Waals surface area contributed by atoms with E-state index in [9.17, 15) is 9.59 Å². The lowest BCUT2D eigenvalue weighted by Crippen LogP contribution is -2.46. The summed E-state index contributed by atoms with van der Waals surface area (Å²) in [6.45, 7) is 5.50. The second-order valence-corrected chi connectivity index (χ2v) is 5.59. The monoisotopic (exact) mass is 321 g/mol. The molecule has 1 saturated heterocycles. The molecule has 1 aromatic rings. The summed E-state index contributed by atoms with van der Waals surface area (Å²) >= 11 is 0. The van der Waals surface area contributed by atoms with Crippen LogP contribution in [0.3, 0.4) is 0 Å². The molecule has 1 unspecified atom stereocenters. The van der Waals surface area contributed by atoms with Crippen LogP contribution in [0.1, 0.15) is 18.9 Å². The molecule has 0 spiro atoms. The van der Waals surface area contributed by atoms with Crippen LogP contribution in [0.4, 0.5) is 0 Å². The smallest absolute Gasteiger partial charge is 0.309 e. The first kappa shape index (κ1) is 17.3. The van der Waals surface area contributed by atoms with Crippen LogP contribution in [0, 0.1) is 6.92 Å². The highest BCUT2D eigenvalue weighted by Crippen LogP contribution is 2.11. The van der Waals surface area contributed by atoms with Crippen molar-refractivity contribution in [1.82, 2.24) is 4.90 Å². The maximum atomic E-state index is 11.9. The molecule has 1 aliphatic rings. The van der Waals surface area contributed by atoms with E-state index in [2.05, 4.69) is 0 Å². The zero-order valence-electron chi connectivity index (χ0n) is 13.6. The summed E-state index contributed by atoms with van der Waals surface area (Å²) in [5.74, 6) is 0.0847. The molecule has 1 heterocycles. The summed E-state index contributed by atoms with van der Waals surface area (Å²) in [7, 11) is 0. The van der Waals surface area contributed by atoms with Gasteiger partial charge in [-0.15, -0.1) is 0 Å². The number of hydrogen-bond acceptors (Lipinski definition) is 5. The van der Waals surface area contributed by atoms with Gasteiger partial charge in [-0.25, -0.2) is 0 Å². The fraction of sp³-hybridized carbons (Fsp3) is 0.529. The quantitative estimate of drug-likeness (QED) is 0.744. The minimum Gasteiger partial charge on any atom is -0.493 e. The van der Waals surface area contributed by atoms with E-state index in [0.29, 0.717) is 25.4 Å². The number of esters is 1. The molecule has 6 heteroatoms. The number of nitrogens with zero attached hydrogens (tertiary/aromatic N) is 1. The van der Waals surface area contributed by atoms with Crippen molar-refractivity contribution in [3.8, 4) is 5.75 Å². The van der Waals surface area contributed by atoms with Gasteiger partial charge in [-0.1, -0.05) is 17.7 Å². The second kappa shape index (κ2) is 8.53. The predicted molar refractivity (Wildman–Crippen MR) is 84.2 cm³/mol. The average molecular weight is 321 g/mol. The number of rotatable bonds is 6.